The van der Waals surface area contributed by atoms with Gasteiger partial charge in [-0.05, 0) is 26.0 Å². The van der Waals surface area contributed by atoms with Crippen molar-refractivity contribution in [3.8, 4) is 22.9 Å². The number of nitrogen functional groups attached to an aromatic ring is 1. The molecule has 0 spiro atoms. The predicted molar refractivity (Wildman–Crippen MR) is 84.6 cm³/mol. The molecule has 3 rings (SSSR count). The highest BCUT2D eigenvalue weighted by Crippen LogP contribution is 2.25. The van der Waals surface area contributed by atoms with E-state index in [2.05, 4.69) is 28.9 Å². The summed E-state index contributed by atoms with van der Waals surface area (Å²) in [5.41, 5.74) is 8.07. The van der Waals surface area contributed by atoms with Crippen molar-refractivity contribution in [1.29, 1.82) is 0 Å². The van der Waals surface area contributed by atoms with Gasteiger partial charge in [-0.1, -0.05) is 6.07 Å². The Morgan fingerprint density at radius 3 is 2.77 bits per heavy atom. The van der Waals surface area contributed by atoms with Gasteiger partial charge in [-0.3, -0.25) is 4.68 Å². The molecule has 0 unspecified atom stereocenters. The van der Waals surface area contributed by atoms with Crippen LogP contribution >= 0.6 is 0 Å². The van der Waals surface area contributed by atoms with Crippen molar-refractivity contribution in [1.82, 2.24) is 19.7 Å². The van der Waals surface area contributed by atoms with Crippen molar-refractivity contribution < 1.29 is 4.74 Å². The molecule has 0 atom stereocenters. The minimum Gasteiger partial charge on any atom is -0.439 e. The van der Waals surface area contributed by atoms with E-state index in [0.29, 0.717) is 23.4 Å². The van der Waals surface area contributed by atoms with Gasteiger partial charge in [-0.25, -0.2) is 9.97 Å². The summed E-state index contributed by atoms with van der Waals surface area (Å²) in [4.78, 5) is 8.40. The summed E-state index contributed by atoms with van der Waals surface area (Å²) >= 11 is 0. The average Bonchev–Trinajstić information content (AvgIpc) is 2.97. The molecule has 0 aliphatic rings. The number of hydrogen-bond acceptors (Lipinski definition) is 5. The first kappa shape index (κ1) is 14.1. The highest BCUT2D eigenvalue weighted by Gasteiger charge is 2.08. The quantitative estimate of drug-likeness (QED) is 0.747. The lowest BCUT2D eigenvalue weighted by Gasteiger charge is -2.06. The van der Waals surface area contributed by atoms with Crippen LogP contribution in [0.25, 0.3) is 11.3 Å². The molecule has 2 aromatic heterocycles. The highest BCUT2D eigenvalue weighted by molar-refractivity contribution is 5.58. The average molecular weight is 295 g/mol. The molecular formula is C16H17N5O. The first-order valence-corrected chi connectivity index (χ1v) is 7.02. The minimum absolute atomic E-state index is 0.304. The van der Waals surface area contributed by atoms with Crippen molar-refractivity contribution in [2.75, 3.05) is 5.73 Å². The lowest BCUT2D eigenvalue weighted by atomic mass is 10.2. The molecular weight excluding hydrogens is 278 g/mol. The molecule has 0 radical (unpaired) electrons. The van der Waals surface area contributed by atoms with Gasteiger partial charge in [-0.15, -0.1) is 0 Å². The second-order valence-electron chi connectivity index (χ2n) is 5.22. The van der Waals surface area contributed by atoms with Crippen LogP contribution in [0.4, 0.5) is 5.69 Å². The molecule has 0 aliphatic carbocycles. The zero-order chi connectivity index (χ0) is 15.5. The second-order valence-corrected chi connectivity index (χ2v) is 5.22. The van der Waals surface area contributed by atoms with E-state index < -0.39 is 0 Å². The summed E-state index contributed by atoms with van der Waals surface area (Å²) in [7, 11) is 0. The lowest BCUT2D eigenvalue weighted by Crippen LogP contribution is -1.99. The molecule has 3 aromatic rings. The van der Waals surface area contributed by atoms with Crippen LogP contribution in [0.15, 0.2) is 49.1 Å². The number of benzene rings is 1. The van der Waals surface area contributed by atoms with Crippen molar-refractivity contribution in [3.63, 3.8) is 0 Å². The highest BCUT2D eigenvalue weighted by atomic mass is 16.5. The monoisotopic (exact) mass is 295 g/mol. The fraction of sp³-hybridized carbons (Fsp3) is 0.188. The van der Waals surface area contributed by atoms with Crippen LogP contribution in [-0.2, 0) is 0 Å². The van der Waals surface area contributed by atoms with Crippen LogP contribution in [-0.4, -0.2) is 19.7 Å². The number of hydrogen-bond donors (Lipinski definition) is 1. The number of aromatic nitrogens is 4. The van der Waals surface area contributed by atoms with Crippen molar-refractivity contribution in [2.45, 2.75) is 19.9 Å². The summed E-state index contributed by atoms with van der Waals surface area (Å²) in [5, 5.41) is 4.32. The van der Waals surface area contributed by atoms with Crippen LogP contribution in [0.5, 0.6) is 11.6 Å². The first-order valence-electron chi connectivity index (χ1n) is 7.02. The maximum atomic E-state index is 5.74. The van der Waals surface area contributed by atoms with Crippen molar-refractivity contribution in [2.24, 2.45) is 0 Å². The van der Waals surface area contributed by atoms with E-state index in [1.54, 1.807) is 24.4 Å². The van der Waals surface area contributed by atoms with Gasteiger partial charge in [0.25, 0.3) is 0 Å². The van der Waals surface area contributed by atoms with E-state index in [9.17, 15) is 0 Å². The SMILES string of the molecule is CC(C)n1cc(-c2cc(Oc3cccc(N)c3)ncn2)cn1. The zero-order valence-electron chi connectivity index (χ0n) is 12.5. The van der Waals surface area contributed by atoms with E-state index in [-0.39, 0.29) is 0 Å². The molecule has 0 amide bonds. The molecule has 0 fully saturated rings. The summed E-state index contributed by atoms with van der Waals surface area (Å²) in [6.07, 6.45) is 5.22. The number of nitrogens with two attached hydrogens (primary N) is 1. The van der Waals surface area contributed by atoms with Crippen LogP contribution in [0.3, 0.4) is 0 Å². The van der Waals surface area contributed by atoms with E-state index in [0.717, 1.165) is 11.3 Å². The van der Waals surface area contributed by atoms with Crippen LogP contribution in [0, 0.1) is 0 Å². The molecule has 0 aliphatic heterocycles. The Balaban J connectivity index is 1.85. The van der Waals surface area contributed by atoms with Crippen molar-refractivity contribution >= 4 is 5.69 Å². The third kappa shape index (κ3) is 3.06. The Morgan fingerprint density at radius 2 is 2.05 bits per heavy atom. The number of nitrogens with zero attached hydrogens (tertiary/aromatic N) is 4. The van der Waals surface area contributed by atoms with Gasteiger partial charge in [0.15, 0.2) is 0 Å². The van der Waals surface area contributed by atoms with Gasteiger partial charge in [0, 0.05) is 35.6 Å². The third-order valence-electron chi connectivity index (χ3n) is 3.15. The Morgan fingerprint density at radius 1 is 1.18 bits per heavy atom. The summed E-state index contributed by atoms with van der Waals surface area (Å²) < 4.78 is 7.60. The fourth-order valence-electron chi connectivity index (χ4n) is 2.00. The molecule has 0 saturated carbocycles. The number of rotatable bonds is 4. The maximum absolute atomic E-state index is 5.74. The van der Waals surface area contributed by atoms with E-state index in [1.165, 1.54) is 6.33 Å². The van der Waals surface area contributed by atoms with E-state index in [1.807, 2.05) is 23.0 Å². The number of anilines is 1. The Labute approximate surface area is 128 Å². The van der Waals surface area contributed by atoms with E-state index >= 15 is 0 Å². The van der Waals surface area contributed by atoms with Crippen LogP contribution in [0.2, 0.25) is 0 Å². The smallest absolute Gasteiger partial charge is 0.222 e. The molecule has 6 heteroatoms. The first-order chi connectivity index (χ1) is 10.6. The Kier molecular flexibility index (Phi) is 3.74. The molecule has 2 heterocycles. The standard InChI is InChI=1S/C16H17N5O/c1-11(2)21-9-12(8-20-21)15-7-16(19-10-18-15)22-14-5-3-4-13(17)6-14/h3-11H,17H2,1-2H3. The fourth-order valence-corrected chi connectivity index (χ4v) is 2.00. The Hall–Kier alpha value is -2.89. The maximum Gasteiger partial charge on any atom is 0.222 e. The summed E-state index contributed by atoms with van der Waals surface area (Å²) in [5.74, 6) is 1.11. The topological polar surface area (TPSA) is 78.9 Å². The molecule has 6 nitrogen and oxygen atoms in total. The van der Waals surface area contributed by atoms with Gasteiger partial charge >= 0.3 is 0 Å². The molecule has 0 bridgehead atoms. The second kappa shape index (κ2) is 5.85. The number of ether oxygens (including phenoxy) is 1. The predicted octanol–water partition coefficient (Wildman–Crippen LogP) is 3.30. The van der Waals surface area contributed by atoms with Gasteiger partial charge in [0.05, 0.1) is 11.9 Å². The molecule has 22 heavy (non-hydrogen) atoms. The summed E-state index contributed by atoms with van der Waals surface area (Å²) in [6.45, 7) is 4.15. The van der Waals surface area contributed by atoms with Gasteiger partial charge < -0.3 is 10.5 Å². The molecule has 2 N–H and O–H groups in total. The van der Waals surface area contributed by atoms with Crippen molar-refractivity contribution in [3.05, 3.63) is 49.1 Å². The zero-order valence-corrected chi connectivity index (χ0v) is 12.5. The van der Waals surface area contributed by atoms with Gasteiger partial charge in [0.2, 0.25) is 5.88 Å². The molecule has 0 saturated heterocycles. The van der Waals surface area contributed by atoms with Gasteiger partial charge in [-0.2, -0.15) is 5.10 Å². The van der Waals surface area contributed by atoms with Crippen LogP contribution < -0.4 is 10.5 Å². The largest absolute Gasteiger partial charge is 0.439 e. The lowest BCUT2D eigenvalue weighted by molar-refractivity contribution is 0.462. The van der Waals surface area contributed by atoms with Gasteiger partial charge in [0.1, 0.15) is 12.1 Å². The normalized spacial score (nSPS) is 10.9. The molecule has 1 aromatic carbocycles. The third-order valence-corrected chi connectivity index (χ3v) is 3.15. The molecule has 112 valence electrons. The minimum atomic E-state index is 0.304. The van der Waals surface area contributed by atoms with E-state index in [4.69, 9.17) is 10.5 Å². The Bertz CT molecular complexity index is 781. The van der Waals surface area contributed by atoms with Crippen LogP contribution in [0.1, 0.15) is 19.9 Å². The summed E-state index contributed by atoms with van der Waals surface area (Å²) in [6, 6.07) is 9.30.